The summed E-state index contributed by atoms with van der Waals surface area (Å²) in [6, 6.07) is 1.61. The number of nitrogens with zero attached hydrogens (tertiary/aromatic N) is 2. The number of likely N-dealkylation sites (tertiary alicyclic amines) is 1. The zero-order valence-corrected chi connectivity index (χ0v) is 14.9. The first-order valence-electron chi connectivity index (χ1n) is 8.95. The van der Waals surface area contributed by atoms with Crippen molar-refractivity contribution < 1.29 is 4.79 Å². The molecule has 0 aromatic carbocycles. The minimum absolute atomic E-state index is 0.101. The molecule has 132 valence electrons. The molecular weight excluding hydrogens is 304 g/mol. The molecule has 2 saturated heterocycles. The molecule has 6 nitrogen and oxygen atoms in total. The van der Waals surface area contributed by atoms with Crippen molar-refractivity contribution in [3.05, 3.63) is 27.9 Å². The summed E-state index contributed by atoms with van der Waals surface area (Å²) in [4.78, 5) is 33.9. The second kappa shape index (κ2) is 6.31. The molecule has 3 rings (SSSR count). The highest BCUT2D eigenvalue weighted by Crippen LogP contribution is 2.34. The summed E-state index contributed by atoms with van der Waals surface area (Å²) >= 11 is 0. The van der Waals surface area contributed by atoms with E-state index < -0.39 is 5.54 Å². The average molecular weight is 332 g/mol. The van der Waals surface area contributed by atoms with Gasteiger partial charge in [0, 0.05) is 24.6 Å². The number of H-pyrrole nitrogens is 1. The Bertz CT molecular complexity index is 668. The van der Waals surface area contributed by atoms with Gasteiger partial charge in [0.1, 0.15) is 5.82 Å². The number of carbonyl (C=O) groups excluding carboxylic acids is 1. The smallest absolute Gasteiger partial charge is 0.251 e. The fourth-order valence-corrected chi connectivity index (χ4v) is 3.94. The van der Waals surface area contributed by atoms with Crippen LogP contribution in [0.15, 0.2) is 10.9 Å². The Morgan fingerprint density at radius 1 is 1.21 bits per heavy atom. The van der Waals surface area contributed by atoms with Gasteiger partial charge in [-0.25, -0.2) is 4.98 Å². The van der Waals surface area contributed by atoms with Crippen molar-refractivity contribution in [2.75, 3.05) is 19.6 Å². The predicted molar refractivity (Wildman–Crippen MR) is 93.0 cm³/mol. The van der Waals surface area contributed by atoms with Gasteiger partial charge in [-0.1, -0.05) is 6.92 Å². The van der Waals surface area contributed by atoms with E-state index in [9.17, 15) is 9.59 Å². The SMILES string of the molecule is Cc1nc(C2(C)CCN(C(=O)C3(C)CCCCN3)CC2)cc(=O)[nH]1. The monoisotopic (exact) mass is 332 g/mol. The maximum atomic E-state index is 12.9. The largest absolute Gasteiger partial charge is 0.341 e. The van der Waals surface area contributed by atoms with Crippen LogP contribution in [-0.2, 0) is 10.2 Å². The molecule has 2 N–H and O–H groups in total. The van der Waals surface area contributed by atoms with E-state index in [2.05, 4.69) is 22.2 Å². The van der Waals surface area contributed by atoms with E-state index in [0.717, 1.165) is 57.4 Å². The molecule has 0 bridgehead atoms. The van der Waals surface area contributed by atoms with Crippen LogP contribution in [0.4, 0.5) is 0 Å². The minimum Gasteiger partial charge on any atom is -0.341 e. The van der Waals surface area contributed by atoms with Crippen LogP contribution in [0.25, 0.3) is 0 Å². The van der Waals surface area contributed by atoms with Crippen LogP contribution in [0.2, 0.25) is 0 Å². The molecule has 0 aliphatic carbocycles. The number of hydrogen-bond donors (Lipinski definition) is 2. The molecule has 6 heteroatoms. The third-order valence-electron chi connectivity index (χ3n) is 5.72. The van der Waals surface area contributed by atoms with Crippen LogP contribution in [0.1, 0.15) is 57.5 Å². The molecular formula is C18H28N4O2. The number of rotatable bonds is 2. The van der Waals surface area contributed by atoms with Crippen LogP contribution in [0.3, 0.4) is 0 Å². The Hall–Kier alpha value is -1.69. The first kappa shape index (κ1) is 17.1. The molecule has 2 aliphatic rings. The lowest BCUT2D eigenvalue weighted by molar-refractivity contribution is -0.140. The van der Waals surface area contributed by atoms with Gasteiger partial charge in [-0.2, -0.15) is 0 Å². The van der Waals surface area contributed by atoms with Gasteiger partial charge in [-0.05, 0) is 52.5 Å². The van der Waals surface area contributed by atoms with E-state index >= 15 is 0 Å². The Kier molecular flexibility index (Phi) is 4.51. The highest BCUT2D eigenvalue weighted by Gasteiger charge is 2.41. The molecule has 0 saturated carbocycles. The maximum absolute atomic E-state index is 12.9. The zero-order chi connectivity index (χ0) is 17.4. The second-order valence-corrected chi connectivity index (χ2v) is 7.78. The summed E-state index contributed by atoms with van der Waals surface area (Å²) in [5.41, 5.74) is 0.190. The molecule has 24 heavy (non-hydrogen) atoms. The Labute approximate surface area is 143 Å². The van der Waals surface area contributed by atoms with E-state index in [-0.39, 0.29) is 16.9 Å². The Balaban J connectivity index is 1.70. The van der Waals surface area contributed by atoms with Crippen LogP contribution in [-0.4, -0.2) is 45.9 Å². The second-order valence-electron chi connectivity index (χ2n) is 7.78. The quantitative estimate of drug-likeness (QED) is 0.860. The van der Waals surface area contributed by atoms with Gasteiger partial charge in [0.05, 0.1) is 11.2 Å². The lowest BCUT2D eigenvalue weighted by atomic mass is 9.76. The zero-order valence-electron chi connectivity index (χ0n) is 14.9. The number of piperidine rings is 2. The van der Waals surface area contributed by atoms with E-state index in [1.54, 1.807) is 6.07 Å². The van der Waals surface area contributed by atoms with Crippen LogP contribution in [0.5, 0.6) is 0 Å². The summed E-state index contributed by atoms with van der Waals surface area (Å²) in [6.07, 6.45) is 4.84. The van der Waals surface area contributed by atoms with Gasteiger partial charge in [0.15, 0.2) is 0 Å². The average Bonchev–Trinajstić information content (AvgIpc) is 2.55. The van der Waals surface area contributed by atoms with Gasteiger partial charge in [0.25, 0.3) is 5.56 Å². The fraction of sp³-hybridized carbons (Fsp3) is 0.722. The molecule has 2 fully saturated rings. The summed E-state index contributed by atoms with van der Waals surface area (Å²) < 4.78 is 0. The molecule has 1 aromatic rings. The van der Waals surface area contributed by atoms with E-state index in [1.165, 1.54) is 0 Å². The predicted octanol–water partition coefficient (Wildman–Crippen LogP) is 1.49. The van der Waals surface area contributed by atoms with Crippen molar-refractivity contribution in [3.63, 3.8) is 0 Å². The molecule has 1 aromatic heterocycles. The van der Waals surface area contributed by atoms with E-state index in [0.29, 0.717) is 5.82 Å². The topological polar surface area (TPSA) is 78.1 Å². The van der Waals surface area contributed by atoms with Gasteiger partial charge in [0.2, 0.25) is 5.91 Å². The van der Waals surface area contributed by atoms with Crippen molar-refractivity contribution in [2.24, 2.45) is 0 Å². The highest BCUT2D eigenvalue weighted by atomic mass is 16.2. The van der Waals surface area contributed by atoms with Crippen LogP contribution < -0.4 is 10.9 Å². The summed E-state index contributed by atoms with van der Waals surface area (Å²) in [5, 5.41) is 3.41. The third-order valence-corrected chi connectivity index (χ3v) is 5.72. The van der Waals surface area contributed by atoms with E-state index in [1.807, 2.05) is 18.7 Å². The lowest BCUT2D eigenvalue weighted by Gasteiger charge is -2.43. The molecule has 2 aliphatic heterocycles. The third kappa shape index (κ3) is 3.24. The minimum atomic E-state index is -0.412. The standard InChI is InChI=1S/C18H28N4O2/c1-13-20-14(12-15(23)21-13)17(2)7-10-22(11-8-17)16(24)18(3)6-4-5-9-19-18/h12,19H,4-11H2,1-3H3,(H,20,21,23). The molecule has 0 radical (unpaired) electrons. The molecule has 0 spiro atoms. The lowest BCUT2D eigenvalue weighted by Crippen LogP contribution is -2.59. The van der Waals surface area contributed by atoms with Crippen molar-refractivity contribution in [3.8, 4) is 0 Å². The van der Waals surface area contributed by atoms with Gasteiger partial charge in [-0.15, -0.1) is 0 Å². The number of hydrogen-bond acceptors (Lipinski definition) is 4. The Morgan fingerprint density at radius 2 is 1.92 bits per heavy atom. The number of amides is 1. The molecule has 3 heterocycles. The number of aryl methyl sites for hydroxylation is 1. The highest BCUT2D eigenvalue weighted by molar-refractivity contribution is 5.86. The van der Waals surface area contributed by atoms with Crippen LogP contribution in [0, 0.1) is 6.92 Å². The van der Waals surface area contributed by atoms with Crippen molar-refractivity contribution in [2.45, 2.75) is 63.8 Å². The summed E-state index contributed by atoms with van der Waals surface area (Å²) in [6.45, 7) is 8.35. The van der Waals surface area contributed by atoms with Gasteiger partial charge < -0.3 is 15.2 Å². The molecule has 1 amide bonds. The van der Waals surface area contributed by atoms with E-state index in [4.69, 9.17) is 0 Å². The number of nitrogens with one attached hydrogen (secondary N) is 2. The Morgan fingerprint density at radius 3 is 2.50 bits per heavy atom. The van der Waals surface area contributed by atoms with Gasteiger partial charge >= 0.3 is 0 Å². The number of aromatic amines is 1. The molecule has 1 unspecified atom stereocenters. The fourth-order valence-electron chi connectivity index (χ4n) is 3.94. The maximum Gasteiger partial charge on any atom is 0.251 e. The van der Waals surface area contributed by atoms with Crippen molar-refractivity contribution >= 4 is 5.91 Å². The normalized spacial score (nSPS) is 27.0. The summed E-state index contributed by atoms with van der Waals surface area (Å²) in [5.74, 6) is 0.871. The first-order chi connectivity index (χ1) is 11.3. The van der Waals surface area contributed by atoms with Crippen molar-refractivity contribution in [1.29, 1.82) is 0 Å². The first-order valence-corrected chi connectivity index (χ1v) is 8.95. The number of carbonyl (C=O) groups is 1. The summed E-state index contributed by atoms with van der Waals surface area (Å²) in [7, 11) is 0. The number of aromatic nitrogens is 2. The van der Waals surface area contributed by atoms with Crippen molar-refractivity contribution in [1.82, 2.24) is 20.2 Å². The van der Waals surface area contributed by atoms with Gasteiger partial charge in [-0.3, -0.25) is 9.59 Å². The van der Waals surface area contributed by atoms with Crippen LogP contribution >= 0.6 is 0 Å². The molecule has 1 atom stereocenters.